The maximum Gasteiger partial charge on any atom is 0.306 e. The Hall–Kier alpha value is -3.41. The van der Waals surface area contributed by atoms with Crippen LogP contribution in [0.25, 0.3) is 0 Å². The summed E-state index contributed by atoms with van der Waals surface area (Å²) in [6.07, 6.45) is 68.5. The Kier molecular flexibility index (Phi) is 50.4. The molecule has 372 valence electrons. The third kappa shape index (κ3) is 51.4. The van der Waals surface area contributed by atoms with Gasteiger partial charge in [-0.3, -0.25) is 14.4 Å². The van der Waals surface area contributed by atoms with E-state index in [9.17, 15) is 14.4 Å². The molecule has 0 aromatic rings. The van der Waals surface area contributed by atoms with Crippen molar-refractivity contribution in [3.8, 4) is 0 Å². The van der Waals surface area contributed by atoms with E-state index in [1.165, 1.54) is 103 Å². The van der Waals surface area contributed by atoms with Crippen LogP contribution in [-0.2, 0) is 28.6 Å². The van der Waals surface area contributed by atoms with Gasteiger partial charge in [0.05, 0.1) is 0 Å². The highest BCUT2D eigenvalue weighted by Crippen LogP contribution is 2.14. The molecule has 65 heavy (non-hydrogen) atoms. The molecule has 6 heteroatoms. The Morgan fingerprint density at radius 1 is 0.323 bits per heavy atom. The molecule has 0 aromatic heterocycles. The lowest BCUT2D eigenvalue weighted by Gasteiger charge is -2.18. The van der Waals surface area contributed by atoms with E-state index in [2.05, 4.69) is 106 Å². The molecule has 0 saturated heterocycles. The average molecular weight is 905 g/mol. The minimum absolute atomic E-state index is 0.0892. The number of esters is 3. The number of carbonyl (C=O) groups is 3. The number of hydrogen-bond donors (Lipinski definition) is 0. The molecule has 0 aliphatic carbocycles. The third-order valence-corrected chi connectivity index (χ3v) is 11.4. The largest absolute Gasteiger partial charge is 0.462 e. The molecule has 0 amide bonds. The van der Waals surface area contributed by atoms with Crippen molar-refractivity contribution in [1.82, 2.24) is 0 Å². The Labute approximate surface area is 401 Å². The summed E-state index contributed by atoms with van der Waals surface area (Å²) in [5.74, 6) is -0.929. The summed E-state index contributed by atoms with van der Waals surface area (Å²) in [6, 6.07) is 0. The van der Waals surface area contributed by atoms with Crippen molar-refractivity contribution >= 4 is 17.9 Å². The van der Waals surface area contributed by atoms with Crippen LogP contribution in [0.15, 0.2) is 85.1 Å². The summed E-state index contributed by atoms with van der Waals surface area (Å²) in [6.45, 7) is 6.46. The second-order valence-corrected chi connectivity index (χ2v) is 17.8. The van der Waals surface area contributed by atoms with E-state index >= 15 is 0 Å². The number of hydrogen-bond acceptors (Lipinski definition) is 6. The van der Waals surface area contributed by atoms with Gasteiger partial charge in [0.25, 0.3) is 0 Å². The maximum absolute atomic E-state index is 12.8. The van der Waals surface area contributed by atoms with E-state index in [0.717, 1.165) is 109 Å². The molecule has 0 heterocycles. The zero-order valence-electron chi connectivity index (χ0n) is 42.5. The summed E-state index contributed by atoms with van der Waals surface area (Å²) < 4.78 is 16.8. The lowest BCUT2D eigenvalue weighted by Crippen LogP contribution is -2.30. The molecule has 0 spiro atoms. The van der Waals surface area contributed by atoms with Crippen molar-refractivity contribution in [2.75, 3.05) is 13.2 Å². The third-order valence-electron chi connectivity index (χ3n) is 11.4. The van der Waals surface area contributed by atoms with Gasteiger partial charge >= 0.3 is 17.9 Å². The average Bonchev–Trinajstić information content (AvgIpc) is 3.30. The smallest absolute Gasteiger partial charge is 0.306 e. The predicted molar refractivity (Wildman–Crippen MR) is 279 cm³/mol. The molecule has 0 unspecified atom stereocenters. The minimum atomic E-state index is -0.793. The van der Waals surface area contributed by atoms with Crippen LogP contribution in [0.2, 0.25) is 0 Å². The zero-order chi connectivity index (χ0) is 47.2. The first-order valence-electron chi connectivity index (χ1n) is 27.1. The van der Waals surface area contributed by atoms with Crippen LogP contribution < -0.4 is 0 Å². The predicted octanol–water partition coefficient (Wildman–Crippen LogP) is 18.0. The first-order valence-corrected chi connectivity index (χ1v) is 27.1. The topological polar surface area (TPSA) is 78.9 Å². The lowest BCUT2D eigenvalue weighted by molar-refractivity contribution is -0.167. The molecular formula is C59H100O6. The highest BCUT2D eigenvalue weighted by atomic mass is 16.6. The van der Waals surface area contributed by atoms with Crippen molar-refractivity contribution in [3.05, 3.63) is 85.1 Å². The molecule has 0 bridgehead atoms. The summed E-state index contributed by atoms with van der Waals surface area (Å²) in [5, 5.41) is 0. The van der Waals surface area contributed by atoms with Crippen LogP contribution in [0.5, 0.6) is 0 Å². The molecular weight excluding hydrogens is 805 g/mol. The summed E-state index contributed by atoms with van der Waals surface area (Å²) in [4.78, 5) is 38.0. The molecule has 0 saturated carbocycles. The maximum atomic E-state index is 12.8. The van der Waals surface area contributed by atoms with Gasteiger partial charge < -0.3 is 14.2 Å². The summed E-state index contributed by atoms with van der Waals surface area (Å²) >= 11 is 0. The fourth-order valence-corrected chi connectivity index (χ4v) is 7.32. The van der Waals surface area contributed by atoms with Crippen molar-refractivity contribution in [2.24, 2.45) is 0 Å². The van der Waals surface area contributed by atoms with Crippen molar-refractivity contribution in [3.63, 3.8) is 0 Å². The van der Waals surface area contributed by atoms with Gasteiger partial charge in [0, 0.05) is 19.3 Å². The van der Waals surface area contributed by atoms with Gasteiger partial charge in [0.1, 0.15) is 13.2 Å². The second kappa shape index (κ2) is 53.2. The zero-order valence-corrected chi connectivity index (χ0v) is 42.5. The van der Waals surface area contributed by atoms with Gasteiger partial charge in [-0.2, -0.15) is 0 Å². The molecule has 0 radical (unpaired) electrons. The lowest BCUT2D eigenvalue weighted by atomic mass is 10.1. The number of allylic oxidation sites excluding steroid dienone is 14. The van der Waals surface area contributed by atoms with Crippen molar-refractivity contribution < 1.29 is 28.6 Å². The highest BCUT2D eigenvalue weighted by Gasteiger charge is 2.19. The van der Waals surface area contributed by atoms with Gasteiger partial charge in [-0.05, 0) is 96.3 Å². The molecule has 0 N–H and O–H groups in total. The standard InChI is InChI=1S/C59H100O6/c1-4-7-10-13-16-19-22-24-26-28-29-31-32-34-37-40-43-46-49-52-58(61)64-55-56(54-63-57(60)51-48-45-42-39-36-21-18-15-12-9-6-3)65-59(62)53-50-47-44-41-38-35-33-30-27-25-23-20-17-14-11-8-5-2/h7,10,16-17,19-20,24-27,29,31,34,37,56H,4-6,8-9,11-15,18,21-23,28,30,32-33,35-36,38-55H2,1-3H3/b10-7-,19-16-,20-17-,26-24-,27-25-,31-29-,37-34-/t56-/m0/s1. The van der Waals surface area contributed by atoms with Crippen molar-refractivity contribution in [2.45, 2.75) is 258 Å². The first kappa shape index (κ1) is 61.6. The summed E-state index contributed by atoms with van der Waals surface area (Å²) in [7, 11) is 0. The molecule has 0 aromatic carbocycles. The van der Waals surface area contributed by atoms with E-state index in [0.29, 0.717) is 19.3 Å². The fraction of sp³-hybridized carbons (Fsp3) is 0.712. The molecule has 0 fully saturated rings. The van der Waals surface area contributed by atoms with Crippen LogP contribution in [0.3, 0.4) is 0 Å². The van der Waals surface area contributed by atoms with Gasteiger partial charge in [-0.25, -0.2) is 0 Å². The number of unbranched alkanes of at least 4 members (excludes halogenated alkanes) is 23. The van der Waals surface area contributed by atoms with Crippen LogP contribution >= 0.6 is 0 Å². The number of ether oxygens (including phenoxy) is 3. The molecule has 0 aliphatic rings. The molecule has 6 nitrogen and oxygen atoms in total. The van der Waals surface area contributed by atoms with E-state index < -0.39 is 6.10 Å². The quantitative estimate of drug-likeness (QED) is 0.0262. The van der Waals surface area contributed by atoms with Crippen molar-refractivity contribution in [1.29, 1.82) is 0 Å². The Bertz CT molecular complexity index is 1270. The minimum Gasteiger partial charge on any atom is -0.462 e. The van der Waals surface area contributed by atoms with Crippen LogP contribution in [-0.4, -0.2) is 37.2 Å². The molecule has 0 aliphatic heterocycles. The summed E-state index contributed by atoms with van der Waals surface area (Å²) in [5.41, 5.74) is 0. The Morgan fingerprint density at radius 2 is 0.600 bits per heavy atom. The van der Waals surface area contributed by atoms with Gasteiger partial charge in [-0.1, -0.05) is 221 Å². The van der Waals surface area contributed by atoms with Gasteiger partial charge in [0.2, 0.25) is 0 Å². The first-order chi connectivity index (χ1) is 32.0. The second-order valence-electron chi connectivity index (χ2n) is 17.8. The van der Waals surface area contributed by atoms with Crippen LogP contribution in [0, 0.1) is 0 Å². The SMILES string of the molecule is CC/C=C\C/C=C\C/C=C\C/C=C\C/C=C\CCCCCC(=O)OC[C@H](COC(=O)CCCCCCCCCCCCC)OC(=O)CCCCCCCCC/C=C\C/C=C\CCCCC. The van der Waals surface area contributed by atoms with E-state index in [1.807, 2.05) is 0 Å². The van der Waals surface area contributed by atoms with Crippen LogP contribution in [0.1, 0.15) is 252 Å². The van der Waals surface area contributed by atoms with Gasteiger partial charge in [-0.15, -0.1) is 0 Å². The van der Waals surface area contributed by atoms with E-state index in [1.54, 1.807) is 0 Å². The monoisotopic (exact) mass is 905 g/mol. The van der Waals surface area contributed by atoms with E-state index in [4.69, 9.17) is 14.2 Å². The van der Waals surface area contributed by atoms with E-state index in [-0.39, 0.29) is 31.1 Å². The number of rotatable bonds is 48. The van der Waals surface area contributed by atoms with Gasteiger partial charge in [0.15, 0.2) is 6.10 Å². The normalized spacial score (nSPS) is 12.7. The highest BCUT2D eigenvalue weighted by molar-refractivity contribution is 5.71. The Balaban J connectivity index is 4.43. The molecule has 1 atom stereocenters. The van der Waals surface area contributed by atoms with Crippen LogP contribution in [0.4, 0.5) is 0 Å². The molecule has 0 rings (SSSR count). The number of carbonyl (C=O) groups excluding carboxylic acids is 3. The fourth-order valence-electron chi connectivity index (χ4n) is 7.32. The Morgan fingerprint density at radius 3 is 0.985 bits per heavy atom.